The van der Waals surface area contributed by atoms with Crippen molar-refractivity contribution in [3.8, 4) is 5.75 Å². The topological polar surface area (TPSA) is 21.3 Å². The highest BCUT2D eigenvalue weighted by atomic mass is 79.9. The van der Waals surface area contributed by atoms with Gasteiger partial charge in [0.1, 0.15) is 5.75 Å². The standard InChI is InChI=1S/C9H12BrNO/c1-7-3-4-9(12-2)8(5-7)11-6-10/h3-5,11H,6H2,1-2H3. The molecule has 2 nitrogen and oxygen atoms in total. The number of benzene rings is 1. The Labute approximate surface area is 81.1 Å². The Morgan fingerprint density at radius 3 is 2.83 bits per heavy atom. The van der Waals surface area contributed by atoms with Crippen LogP contribution in [0.2, 0.25) is 0 Å². The maximum Gasteiger partial charge on any atom is 0.141 e. The number of ether oxygens (including phenoxy) is 1. The number of alkyl halides is 1. The molecule has 0 atom stereocenters. The fourth-order valence-electron chi connectivity index (χ4n) is 1.03. The number of anilines is 1. The first-order chi connectivity index (χ1) is 5.77. The number of halogens is 1. The van der Waals surface area contributed by atoms with Crippen LogP contribution in [0.3, 0.4) is 0 Å². The molecule has 0 amide bonds. The molecule has 12 heavy (non-hydrogen) atoms. The summed E-state index contributed by atoms with van der Waals surface area (Å²) in [7, 11) is 1.67. The Kier molecular flexibility index (Phi) is 3.41. The second-order valence-electron chi connectivity index (χ2n) is 2.51. The quantitative estimate of drug-likeness (QED) is 0.636. The molecule has 1 rings (SSSR count). The summed E-state index contributed by atoms with van der Waals surface area (Å²) in [5.41, 5.74) is 2.97. The van der Waals surface area contributed by atoms with Gasteiger partial charge in [-0.15, -0.1) is 0 Å². The smallest absolute Gasteiger partial charge is 0.141 e. The Hall–Kier alpha value is -0.700. The fourth-order valence-corrected chi connectivity index (χ4v) is 1.33. The van der Waals surface area contributed by atoms with Crippen LogP contribution in [0.4, 0.5) is 5.69 Å². The Balaban J connectivity index is 2.95. The highest BCUT2D eigenvalue weighted by molar-refractivity contribution is 9.09. The second-order valence-corrected chi connectivity index (χ2v) is 3.07. The predicted molar refractivity (Wildman–Crippen MR) is 55.1 cm³/mol. The van der Waals surface area contributed by atoms with Crippen molar-refractivity contribution in [3.05, 3.63) is 23.8 Å². The molecule has 0 saturated carbocycles. The number of hydrogen-bond acceptors (Lipinski definition) is 2. The van der Waals surface area contributed by atoms with E-state index in [1.807, 2.05) is 12.1 Å². The molecule has 66 valence electrons. The average molecular weight is 230 g/mol. The molecule has 0 fully saturated rings. The van der Waals surface area contributed by atoms with Gasteiger partial charge in [-0.25, -0.2) is 0 Å². The van der Waals surface area contributed by atoms with Crippen LogP contribution in [0, 0.1) is 6.92 Å². The van der Waals surface area contributed by atoms with Crippen LogP contribution in [-0.4, -0.2) is 12.6 Å². The third-order valence-corrected chi connectivity index (χ3v) is 1.89. The normalized spacial score (nSPS) is 9.58. The largest absolute Gasteiger partial charge is 0.495 e. The van der Waals surface area contributed by atoms with E-state index >= 15 is 0 Å². The van der Waals surface area contributed by atoms with Gasteiger partial charge >= 0.3 is 0 Å². The van der Waals surface area contributed by atoms with Crippen LogP contribution < -0.4 is 10.1 Å². The lowest BCUT2D eigenvalue weighted by Gasteiger charge is -2.09. The van der Waals surface area contributed by atoms with E-state index in [4.69, 9.17) is 4.74 Å². The summed E-state index contributed by atoms with van der Waals surface area (Å²) in [6, 6.07) is 6.04. The van der Waals surface area contributed by atoms with E-state index < -0.39 is 0 Å². The van der Waals surface area contributed by atoms with Crippen LogP contribution in [0.25, 0.3) is 0 Å². The van der Waals surface area contributed by atoms with E-state index in [0.29, 0.717) is 0 Å². The van der Waals surface area contributed by atoms with Crippen molar-refractivity contribution in [2.24, 2.45) is 0 Å². The Bertz CT molecular complexity index is 263. The SMILES string of the molecule is COc1ccc(C)cc1NCBr. The highest BCUT2D eigenvalue weighted by Crippen LogP contribution is 2.24. The van der Waals surface area contributed by atoms with Gasteiger partial charge in [0.05, 0.1) is 18.3 Å². The first-order valence-corrected chi connectivity index (χ1v) is 4.84. The summed E-state index contributed by atoms with van der Waals surface area (Å²) in [6.07, 6.45) is 0. The van der Waals surface area contributed by atoms with Crippen molar-refractivity contribution >= 4 is 21.6 Å². The van der Waals surface area contributed by atoms with Gasteiger partial charge in [0, 0.05) is 0 Å². The minimum absolute atomic E-state index is 0.729. The number of nitrogens with one attached hydrogen (secondary N) is 1. The van der Waals surface area contributed by atoms with Gasteiger partial charge < -0.3 is 10.1 Å². The Morgan fingerprint density at radius 1 is 1.50 bits per heavy atom. The van der Waals surface area contributed by atoms with Crippen LogP contribution in [0.5, 0.6) is 5.75 Å². The molecule has 0 heterocycles. The molecule has 1 aromatic rings. The fraction of sp³-hybridized carbons (Fsp3) is 0.333. The molecule has 3 heteroatoms. The van der Waals surface area contributed by atoms with Gasteiger partial charge in [-0.05, 0) is 24.6 Å². The highest BCUT2D eigenvalue weighted by Gasteiger charge is 2.00. The summed E-state index contributed by atoms with van der Waals surface area (Å²) in [5.74, 6) is 0.875. The molecular formula is C9H12BrNO. The number of rotatable bonds is 3. The van der Waals surface area contributed by atoms with Gasteiger partial charge in [0.25, 0.3) is 0 Å². The minimum atomic E-state index is 0.729. The van der Waals surface area contributed by atoms with E-state index in [-0.39, 0.29) is 0 Å². The van der Waals surface area contributed by atoms with Gasteiger partial charge in [-0.2, -0.15) is 0 Å². The maximum atomic E-state index is 5.17. The lowest BCUT2D eigenvalue weighted by Crippen LogP contribution is -1.97. The van der Waals surface area contributed by atoms with Gasteiger partial charge in [0.15, 0.2) is 0 Å². The minimum Gasteiger partial charge on any atom is -0.495 e. The van der Waals surface area contributed by atoms with Crippen molar-refractivity contribution in [2.75, 3.05) is 17.9 Å². The number of hydrogen-bond donors (Lipinski definition) is 1. The molecule has 0 aliphatic rings. The van der Waals surface area contributed by atoms with Gasteiger partial charge in [0.2, 0.25) is 0 Å². The second kappa shape index (κ2) is 4.36. The molecule has 1 N–H and O–H groups in total. The van der Waals surface area contributed by atoms with Crippen molar-refractivity contribution in [1.29, 1.82) is 0 Å². The molecule has 0 aromatic heterocycles. The molecule has 0 saturated heterocycles. The number of aryl methyl sites for hydroxylation is 1. The maximum absolute atomic E-state index is 5.17. The summed E-state index contributed by atoms with van der Waals surface area (Å²) >= 11 is 3.31. The van der Waals surface area contributed by atoms with Crippen LogP contribution in [0.1, 0.15) is 5.56 Å². The van der Waals surface area contributed by atoms with E-state index in [2.05, 4.69) is 34.2 Å². The molecule has 0 spiro atoms. The van der Waals surface area contributed by atoms with E-state index in [0.717, 1.165) is 16.9 Å². The zero-order valence-electron chi connectivity index (χ0n) is 7.23. The molecular weight excluding hydrogens is 218 g/mol. The lowest BCUT2D eigenvalue weighted by atomic mass is 10.2. The third kappa shape index (κ3) is 2.14. The summed E-state index contributed by atoms with van der Waals surface area (Å²) in [6.45, 7) is 2.05. The van der Waals surface area contributed by atoms with Crippen LogP contribution in [0.15, 0.2) is 18.2 Å². The molecule has 0 unspecified atom stereocenters. The van der Waals surface area contributed by atoms with E-state index in [1.54, 1.807) is 7.11 Å². The summed E-state index contributed by atoms with van der Waals surface area (Å²) in [4.78, 5) is 0. The van der Waals surface area contributed by atoms with Crippen molar-refractivity contribution in [2.45, 2.75) is 6.92 Å². The van der Waals surface area contributed by atoms with Crippen LogP contribution >= 0.6 is 15.9 Å². The van der Waals surface area contributed by atoms with E-state index in [1.165, 1.54) is 5.56 Å². The molecule has 0 aliphatic carbocycles. The first kappa shape index (κ1) is 9.39. The zero-order valence-corrected chi connectivity index (χ0v) is 8.81. The monoisotopic (exact) mass is 229 g/mol. The summed E-state index contributed by atoms with van der Waals surface area (Å²) in [5, 5.41) is 3.16. The molecule has 1 aromatic carbocycles. The van der Waals surface area contributed by atoms with Crippen molar-refractivity contribution in [1.82, 2.24) is 0 Å². The average Bonchev–Trinajstić information content (AvgIpc) is 2.05. The molecule has 0 radical (unpaired) electrons. The van der Waals surface area contributed by atoms with Gasteiger partial charge in [-0.3, -0.25) is 0 Å². The molecule has 0 aliphatic heterocycles. The third-order valence-electron chi connectivity index (χ3n) is 1.61. The first-order valence-electron chi connectivity index (χ1n) is 3.72. The van der Waals surface area contributed by atoms with Crippen LogP contribution in [-0.2, 0) is 0 Å². The molecule has 0 bridgehead atoms. The number of methoxy groups -OCH3 is 1. The van der Waals surface area contributed by atoms with Gasteiger partial charge in [-0.1, -0.05) is 22.0 Å². The van der Waals surface area contributed by atoms with E-state index in [9.17, 15) is 0 Å². The van der Waals surface area contributed by atoms with Crippen molar-refractivity contribution < 1.29 is 4.74 Å². The predicted octanol–water partition coefficient (Wildman–Crippen LogP) is 2.77. The Morgan fingerprint density at radius 2 is 2.25 bits per heavy atom. The van der Waals surface area contributed by atoms with Crippen molar-refractivity contribution in [3.63, 3.8) is 0 Å². The summed E-state index contributed by atoms with van der Waals surface area (Å²) < 4.78 is 5.17. The lowest BCUT2D eigenvalue weighted by molar-refractivity contribution is 0.416. The zero-order chi connectivity index (χ0) is 8.97.